The smallest absolute Gasteiger partial charge is 0.358 e. The standard InChI is InChI=1S/C13H22N4O2/c1-3-13(2)4-6-16(7-5-13)8-9-17-10-11(12(18)19)14-15-17/h10H,3-9H2,1-2H3,(H,18,19). The number of carboxylic acids is 1. The summed E-state index contributed by atoms with van der Waals surface area (Å²) in [6, 6.07) is 0. The number of aromatic carboxylic acids is 1. The molecule has 0 amide bonds. The first kappa shape index (κ1) is 14.0. The van der Waals surface area contributed by atoms with Crippen LogP contribution in [0.15, 0.2) is 6.20 Å². The summed E-state index contributed by atoms with van der Waals surface area (Å²) in [5, 5.41) is 16.2. The van der Waals surface area contributed by atoms with Crippen molar-refractivity contribution in [2.45, 2.75) is 39.7 Å². The van der Waals surface area contributed by atoms with Crippen LogP contribution in [0.2, 0.25) is 0 Å². The summed E-state index contributed by atoms with van der Waals surface area (Å²) in [6.07, 6.45) is 5.21. The second-order valence-electron chi connectivity index (χ2n) is 5.68. The van der Waals surface area contributed by atoms with Gasteiger partial charge < -0.3 is 10.0 Å². The van der Waals surface area contributed by atoms with Gasteiger partial charge in [-0.1, -0.05) is 25.5 Å². The quantitative estimate of drug-likeness (QED) is 0.874. The van der Waals surface area contributed by atoms with Gasteiger partial charge in [-0.05, 0) is 31.3 Å². The molecule has 0 atom stereocenters. The molecule has 0 aliphatic carbocycles. The molecule has 0 saturated carbocycles. The second-order valence-corrected chi connectivity index (χ2v) is 5.68. The molecule has 1 aliphatic heterocycles. The first-order chi connectivity index (χ1) is 9.02. The Hall–Kier alpha value is -1.43. The average molecular weight is 266 g/mol. The molecule has 1 aromatic rings. The van der Waals surface area contributed by atoms with Gasteiger partial charge in [-0.25, -0.2) is 4.79 Å². The molecule has 0 unspecified atom stereocenters. The Balaban J connectivity index is 1.78. The summed E-state index contributed by atoms with van der Waals surface area (Å²) in [5.41, 5.74) is 0.512. The van der Waals surface area contributed by atoms with Crippen LogP contribution in [-0.4, -0.2) is 50.6 Å². The maximum Gasteiger partial charge on any atom is 0.358 e. The van der Waals surface area contributed by atoms with Crippen molar-refractivity contribution < 1.29 is 9.90 Å². The van der Waals surface area contributed by atoms with Crippen molar-refractivity contribution in [1.82, 2.24) is 19.9 Å². The lowest BCUT2D eigenvalue weighted by molar-refractivity contribution is 0.0690. The summed E-state index contributed by atoms with van der Waals surface area (Å²) in [7, 11) is 0. The Labute approximate surface area is 113 Å². The molecule has 1 aliphatic rings. The van der Waals surface area contributed by atoms with Gasteiger partial charge in [0.15, 0.2) is 5.69 Å². The molecule has 1 N–H and O–H groups in total. The van der Waals surface area contributed by atoms with Crippen LogP contribution in [0.25, 0.3) is 0 Å². The fourth-order valence-electron chi connectivity index (χ4n) is 2.42. The van der Waals surface area contributed by atoms with Crippen LogP contribution in [-0.2, 0) is 6.54 Å². The number of hydrogen-bond acceptors (Lipinski definition) is 4. The van der Waals surface area contributed by atoms with Crippen molar-refractivity contribution in [3.05, 3.63) is 11.9 Å². The van der Waals surface area contributed by atoms with Crippen LogP contribution in [0.3, 0.4) is 0 Å². The summed E-state index contributed by atoms with van der Waals surface area (Å²) in [5.74, 6) is -1.03. The average Bonchev–Trinajstić information content (AvgIpc) is 2.87. The minimum Gasteiger partial charge on any atom is -0.476 e. The van der Waals surface area contributed by atoms with E-state index < -0.39 is 5.97 Å². The van der Waals surface area contributed by atoms with Gasteiger partial charge in [0.2, 0.25) is 0 Å². The third kappa shape index (κ3) is 3.53. The molecule has 0 bridgehead atoms. The Kier molecular flexibility index (Phi) is 4.19. The van der Waals surface area contributed by atoms with Crippen molar-refractivity contribution in [3.8, 4) is 0 Å². The molecule has 19 heavy (non-hydrogen) atoms. The van der Waals surface area contributed by atoms with Gasteiger partial charge in [0.05, 0.1) is 12.7 Å². The zero-order valence-corrected chi connectivity index (χ0v) is 11.7. The van der Waals surface area contributed by atoms with E-state index in [1.807, 2.05) is 0 Å². The molecule has 6 heteroatoms. The van der Waals surface area contributed by atoms with E-state index in [0.717, 1.165) is 19.6 Å². The lowest BCUT2D eigenvalue weighted by atomic mass is 9.78. The number of hydrogen-bond donors (Lipinski definition) is 1. The molecular weight excluding hydrogens is 244 g/mol. The van der Waals surface area contributed by atoms with Crippen molar-refractivity contribution in [1.29, 1.82) is 0 Å². The molecule has 1 saturated heterocycles. The summed E-state index contributed by atoms with van der Waals surface area (Å²) in [6.45, 7) is 8.46. The van der Waals surface area contributed by atoms with Crippen molar-refractivity contribution in [3.63, 3.8) is 0 Å². The minimum atomic E-state index is -1.03. The predicted molar refractivity (Wildman–Crippen MR) is 71.1 cm³/mol. The van der Waals surface area contributed by atoms with Gasteiger partial charge in [0.1, 0.15) is 0 Å². The minimum absolute atomic E-state index is 0.0113. The number of likely N-dealkylation sites (tertiary alicyclic amines) is 1. The van der Waals surface area contributed by atoms with E-state index in [9.17, 15) is 4.79 Å². The summed E-state index contributed by atoms with van der Waals surface area (Å²) < 4.78 is 1.61. The van der Waals surface area contributed by atoms with E-state index >= 15 is 0 Å². The van der Waals surface area contributed by atoms with Gasteiger partial charge in [-0.3, -0.25) is 4.68 Å². The van der Waals surface area contributed by atoms with E-state index in [0.29, 0.717) is 12.0 Å². The number of rotatable bonds is 5. The molecule has 2 heterocycles. The molecule has 0 radical (unpaired) electrons. The normalized spacial score (nSPS) is 19.5. The second kappa shape index (κ2) is 5.69. The SMILES string of the molecule is CCC1(C)CCN(CCn2cc(C(=O)O)nn2)CC1. The van der Waals surface area contributed by atoms with E-state index in [4.69, 9.17) is 5.11 Å². The third-order valence-electron chi connectivity index (χ3n) is 4.32. The molecule has 1 fully saturated rings. The molecular formula is C13H22N4O2. The highest BCUT2D eigenvalue weighted by molar-refractivity contribution is 5.84. The van der Waals surface area contributed by atoms with Crippen molar-refractivity contribution >= 4 is 5.97 Å². The Morgan fingerprint density at radius 2 is 2.11 bits per heavy atom. The van der Waals surface area contributed by atoms with Gasteiger partial charge >= 0.3 is 5.97 Å². The molecule has 0 aromatic carbocycles. The monoisotopic (exact) mass is 266 g/mol. The van der Waals surface area contributed by atoms with Gasteiger partial charge in [-0.15, -0.1) is 5.10 Å². The number of carboxylic acid groups (broad SMARTS) is 1. The number of nitrogens with zero attached hydrogens (tertiary/aromatic N) is 4. The highest BCUT2D eigenvalue weighted by Gasteiger charge is 2.27. The summed E-state index contributed by atoms with van der Waals surface area (Å²) in [4.78, 5) is 13.1. The molecule has 0 spiro atoms. The molecule has 1 aromatic heterocycles. The third-order valence-corrected chi connectivity index (χ3v) is 4.32. The van der Waals surface area contributed by atoms with Crippen molar-refractivity contribution in [2.24, 2.45) is 5.41 Å². The van der Waals surface area contributed by atoms with Crippen LogP contribution in [0.5, 0.6) is 0 Å². The molecule has 2 rings (SSSR count). The topological polar surface area (TPSA) is 71.2 Å². The number of piperidine rings is 1. The van der Waals surface area contributed by atoms with Crippen LogP contribution < -0.4 is 0 Å². The highest BCUT2D eigenvalue weighted by Crippen LogP contribution is 2.33. The van der Waals surface area contributed by atoms with Crippen LogP contribution in [0.4, 0.5) is 0 Å². The highest BCUT2D eigenvalue weighted by atomic mass is 16.4. The van der Waals surface area contributed by atoms with Gasteiger partial charge in [-0.2, -0.15) is 0 Å². The number of aromatic nitrogens is 3. The lowest BCUT2D eigenvalue weighted by Gasteiger charge is -2.38. The van der Waals surface area contributed by atoms with E-state index in [1.54, 1.807) is 4.68 Å². The Bertz CT molecular complexity index is 436. The van der Waals surface area contributed by atoms with Crippen LogP contribution >= 0.6 is 0 Å². The first-order valence-electron chi connectivity index (χ1n) is 6.88. The van der Waals surface area contributed by atoms with Crippen LogP contribution in [0.1, 0.15) is 43.6 Å². The zero-order valence-electron chi connectivity index (χ0n) is 11.7. The van der Waals surface area contributed by atoms with Crippen LogP contribution in [0, 0.1) is 5.41 Å². The van der Waals surface area contributed by atoms with E-state index in [1.165, 1.54) is 25.5 Å². The largest absolute Gasteiger partial charge is 0.476 e. The van der Waals surface area contributed by atoms with Crippen molar-refractivity contribution in [2.75, 3.05) is 19.6 Å². The zero-order chi connectivity index (χ0) is 13.9. The van der Waals surface area contributed by atoms with E-state index in [-0.39, 0.29) is 5.69 Å². The first-order valence-corrected chi connectivity index (χ1v) is 6.88. The maximum atomic E-state index is 10.7. The summed E-state index contributed by atoms with van der Waals surface area (Å²) >= 11 is 0. The number of carbonyl (C=O) groups is 1. The fraction of sp³-hybridized carbons (Fsp3) is 0.769. The van der Waals surface area contributed by atoms with Gasteiger partial charge in [0.25, 0.3) is 0 Å². The van der Waals surface area contributed by atoms with E-state index in [2.05, 4.69) is 29.1 Å². The lowest BCUT2D eigenvalue weighted by Crippen LogP contribution is -2.39. The predicted octanol–water partition coefficient (Wildman–Crippen LogP) is 1.49. The fourth-order valence-corrected chi connectivity index (χ4v) is 2.42. The molecule has 6 nitrogen and oxygen atoms in total. The van der Waals surface area contributed by atoms with Gasteiger partial charge in [0, 0.05) is 6.54 Å². The molecule has 106 valence electrons. The Morgan fingerprint density at radius 3 is 2.63 bits per heavy atom. The Morgan fingerprint density at radius 1 is 1.42 bits per heavy atom. The maximum absolute atomic E-state index is 10.7.